The summed E-state index contributed by atoms with van der Waals surface area (Å²) < 4.78 is 1.89. The van der Waals surface area contributed by atoms with Crippen molar-refractivity contribution >= 4 is 48.0 Å². The highest BCUT2D eigenvalue weighted by Gasteiger charge is 2.21. The largest absolute Gasteiger partial charge is 0.370 e. The molecule has 2 aromatic heterocycles. The van der Waals surface area contributed by atoms with Crippen LogP contribution in [0.15, 0.2) is 60.8 Å². The number of nitrogens with zero attached hydrogens (tertiary/aromatic N) is 4. The Morgan fingerprint density at radius 2 is 1.85 bits per heavy atom. The molecule has 0 amide bonds. The summed E-state index contributed by atoms with van der Waals surface area (Å²) in [7, 11) is 2.03. The van der Waals surface area contributed by atoms with Crippen molar-refractivity contribution in [3.8, 4) is 11.3 Å². The Morgan fingerprint density at radius 1 is 1.06 bits per heavy atom. The third-order valence-corrected chi connectivity index (χ3v) is 7.02. The van der Waals surface area contributed by atoms with Gasteiger partial charge in [-0.2, -0.15) is 9.61 Å². The van der Waals surface area contributed by atoms with Gasteiger partial charge in [-0.25, -0.2) is 4.98 Å². The van der Waals surface area contributed by atoms with Crippen LogP contribution < -0.4 is 10.8 Å². The number of halogens is 2. The van der Waals surface area contributed by atoms with Crippen LogP contribution >= 0.6 is 23.2 Å². The topological polar surface area (TPSA) is 45.5 Å². The van der Waals surface area contributed by atoms with Gasteiger partial charge >= 0.3 is 0 Å². The maximum absolute atomic E-state index is 6.47. The lowest BCUT2D eigenvalue weighted by atomic mass is 9.97. The van der Waals surface area contributed by atoms with Crippen LogP contribution in [-0.2, 0) is 6.54 Å². The lowest BCUT2D eigenvalue weighted by molar-refractivity contribution is 0.173. The normalized spacial score (nSPS) is 16.8. The molecule has 1 atom stereocenters. The molecule has 0 saturated carbocycles. The van der Waals surface area contributed by atoms with Crippen molar-refractivity contribution in [3.05, 3.63) is 76.4 Å². The highest BCUT2D eigenvalue weighted by atomic mass is 35.5. The number of nitrogens with one attached hydrogen (secondary N) is 1. The molecule has 0 bridgehead atoms. The molecule has 1 aliphatic rings. The number of rotatable bonds is 6. The summed E-state index contributed by atoms with van der Waals surface area (Å²) in [6, 6.07) is 18.0. The first-order valence-electron chi connectivity index (χ1n) is 11.4. The first-order valence-corrected chi connectivity index (χ1v) is 12.1. The monoisotopic (exact) mass is 477 g/mol. The van der Waals surface area contributed by atoms with Crippen molar-refractivity contribution in [1.82, 2.24) is 19.5 Å². The van der Waals surface area contributed by atoms with E-state index >= 15 is 0 Å². The van der Waals surface area contributed by atoms with Crippen molar-refractivity contribution in [2.24, 2.45) is 5.92 Å². The smallest absolute Gasteiger partial charge is 0.151 e. The summed E-state index contributed by atoms with van der Waals surface area (Å²) in [6.07, 6.45) is 4.25. The first-order chi connectivity index (χ1) is 16.1. The molecule has 3 heterocycles. The quantitative estimate of drug-likeness (QED) is 0.421. The van der Waals surface area contributed by atoms with Gasteiger partial charge in [0, 0.05) is 47.5 Å². The van der Waals surface area contributed by atoms with Gasteiger partial charge in [0.15, 0.2) is 5.65 Å². The van der Waals surface area contributed by atoms with Crippen molar-refractivity contribution in [2.75, 3.05) is 25.0 Å². The molecule has 0 aliphatic carbocycles. The second-order valence-electron chi connectivity index (χ2n) is 8.79. The highest BCUT2D eigenvalue weighted by Crippen LogP contribution is 2.29. The lowest BCUT2D eigenvalue weighted by Crippen LogP contribution is -2.37. The minimum atomic E-state index is 0.546. The molecular formula is C25H26BCl2N5. The number of piperidine rings is 1. The van der Waals surface area contributed by atoms with E-state index in [0.717, 1.165) is 59.4 Å². The number of aromatic nitrogens is 3. The van der Waals surface area contributed by atoms with E-state index in [4.69, 9.17) is 28.2 Å². The van der Waals surface area contributed by atoms with Crippen LogP contribution in [-0.4, -0.2) is 47.0 Å². The van der Waals surface area contributed by atoms with Gasteiger partial charge in [0.1, 0.15) is 13.7 Å². The van der Waals surface area contributed by atoms with Gasteiger partial charge in [-0.3, -0.25) is 4.90 Å². The van der Waals surface area contributed by atoms with Gasteiger partial charge in [-0.15, -0.1) is 0 Å². The summed E-state index contributed by atoms with van der Waals surface area (Å²) in [5.41, 5.74) is 4.85. The molecule has 5 nitrogen and oxygen atoms in total. The maximum atomic E-state index is 6.47. The minimum absolute atomic E-state index is 0.546. The van der Waals surface area contributed by atoms with Gasteiger partial charge in [-0.1, -0.05) is 59.6 Å². The van der Waals surface area contributed by atoms with Gasteiger partial charge in [0.05, 0.1) is 5.69 Å². The Labute approximate surface area is 205 Å². The Morgan fingerprint density at radius 3 is 2.67 bits per heavy atom. The molecule has 1 aliphatic heterocycles. The van der Waals surface area contributed by atoms with Crippen LogP contribution in [0, 0.1) is 5.92 Å². The first kappa shape index (κ1) is 22.3. The van der Waals surface area contributed by atoms with Crippen LogP contribution in [0.5, 0.6) is 0 Å². The maximum Gasteiger partial charge on any atom is 0.151 e. The fourth-order valence-corrected chi connectivity index (χ4v) is 5.01. The third-order valence-electron chi connectivity index (χ3n) is 6.32. The van der Waals surface area contributed by atoms with Gasteiger partial charge in [-0.05, 0) is 48.5 Å². The average Bonchev–Trinajstić information content (AvgIpc) is 3.20. The molecule has 5 rings (SSSR count). The van der Waals surface area contributed by atoms with Crippen LogP contribution in [0.2, 0.25) is 10.0 Å². The zero-order valence-electron chi connectivity index (χ0n) is 18.6. The predicted molar refractivity (Wildman–Crippen MR) is 140 cm³/mol. The zero-order valence-corrected chi connectivity index (χ0v) is 20.2. The number of hydrogen-bond donors (Lipinski definition) is 1. The molecule has 4 aromatic rings. The Bertz CT molecular complexity index is 1270. The fourth-order valence-electron chi connectivity index (χ4n) is 4.58. The van der Waals surface area contributed by atoms with Crippen molar-refractivity contribution in [3.63, 3.8) is 0 Å². The summed E-state index contributed by atoms with van der Waals surface area (Å²) in [6.45, 7) is 3.92. The summed E-state index contributed by atoms with van der Waals surface area (Å²) in [5.74, 6) is 1.48. The molecule has 0 radical (unpaired) electrons. The molecule has 0 spiro atoms. The molecule has 33 heavy (non-hydrogen) atoms. The third kappa shape index (κ3) is 4.88. The van der Waals surface area contributed by atoms with Gasteiger partial charge in [0.25, 0.3) is 0 Å². The van der Waals surface area contributed by atoms with E-state index in [1.807, 2.05) is 61.0 Å². The molecule has 1 saturated heterocycles. The molecule has 1 N–H and O–H groups in total. The van der Waals surface area contributed by atoms with Gasteiger partial charge < -0.3 is 5.32 Å². The summed E-state index contributed by atoms with van der Waals surface area (Å²) in [5, 5.41) is 9.75. The van der Waals surface area contributed by atoms with Crippen LogP contribution in [0.1, 0.15) is 18.4 Å². The molecule has 1 fully saturated rings. The average molecular weight is 478 g/mol. The summed E-state index contributed by atoms with van der Waals surface area (Å²) >= 11 is 12.9. The van der Waals surface area contributed by atoms with Crippen molar-refractivity contribution in [2.45, 2.75) is 19.4 Å². The number of anilines is 1. The number of hydrogen-bond acceptors (Lipinski definition) is 4. The van der Waals surface area contributed by atoms with Gasteiger partial charge in [0.2, 0.25) is 0 Å². The second-order valence-corrected chi connectivity index (χ2v) is 9.60. The predicted octanol–water partition coefficient (Wildman–Crippen LogP) is 4.29. The van der Waals surface area contributed by atoms with E-state index < -0.39 is 0 Å². The molecule has 2 aromatic carbocycles. The van der Waals surface area contributed by atoms with Crippen LogP contribution in [0.3, 0.4) is 0 Å². The molecule has 168 valence electrons. The van der Waals surface area contributed by atoms with E-state index in [1.54, 1.807) is 0 Å². The van der Waals surface area contributed by atoms with E-state index in [2.05, 4.69) is 27.4 Å². The van der Waals surface area contributed by atoms with E-state index in [1.165, 1.54) is 18.4 Å². The Hall–Kier alpha value is -2.54. The zero-order chi connectivity index (χ0) is 22.8. The van der Waals surface area contributed by atoms with E-state index in [-0.39, 0.29) is 0 Å². The SMILES string of the molecule is Bc1cnn2c(NCC3CCCN(Cc4ccccc4Cl)C3)cc(-c3ccccc3Cl)nc12. The fraction of sp³-hybridized carbons (Fsp3) is 0.280. The van der Waals surface area contributed by atoms with Crippen molar-refractivity contribution < 1.29 is 0 Å². The number of likely N-dealkylation sites (tertiary alicyclic amines) is 1. The Kier molecular flexibility index (Phi) is 6.58. The van der Waals surface area contributed by atoms with Crippen LogP contribution in [0.25, 0.3) is 16.9 Å². The molecule has 8 heteroatoms. The lowest BCUT2D eigenvalue weighted by Gasteiger charge is -2.33. The standard InChI is InChI=1S/C25H26BCl2N5/c26-20-14-30-33-24(12-23(31-25(20)33)19-8-2-4-10-22(19)28)29-13-17-6-5-11-32(15-17)16-18-7-1-3-9-21(18)27/h1-4,7-10,12,14,17,29H,5-6,11,13,15-16,26H2. The second kappa shape index (κ2) is 9.76. The molecular weight excluding hydrogens is 452 g/mol. The van der Waals surface area contributed by atoms with Crippen molar-refractivity contribution in [1.29, 1.82) is 0 Å². The Balaban J connectivity index is 1.34. The van der Waals surface area contributed by atoms with E-state index in [0.29, 0.717) is 10.9 Å². The molecule has 1 unspecified atom stereocenters. The summed E-state index contributed by atoms with van der Waals surface area (Å²) in [4.78, 5) is 7.35. The minimum Gasteiger partial charge on any atom is -0.370 e. The number of benzene rings is 2. The number of fused-ring (bicyclic) bond motifs is 1. The van der Waals surface area contributed by atoms with Crippen LogP contribution in [0.4, 0.5) is 5.82 Å². The highest BCUT2D eigenvalue weighted by molar-refractivity contribution is 6.36. The van der Waals surface area contributed by atoms with E-state index in [9.17, 15) is 0 Å².